The molecule has 0 unspecified atom stereocenters. The predicted molar refractivity (Wildman–Crippen MR) is 110 cm³/mol. The molecule has 2 atom stereocenters. The number of carbonyl (C=O) groups is 2. The summed E-state index contributed by atoms with van der Waals surface area (Å²) >= 11 is 0. The monoisotopic (exact) mass is 395 g/mol. The van der Waals surface area contributed by atoms with Crippen molar-refractivity contribution in [3.05, 3.63) is 77.9 Å². The molecule has 144 valence electrons. The molecular formula is C22H21NO4S. The number of amides is 1. The molecule has 6 heteroatoms. The Morgan fingerprint density at radius 1 is 1.00 bits per heavy atom. The fourth-order valence-electron chi connectivity index (χ4n) is 3.08. The minimum Gasteiger partial charge on any atom is -0.452 e. The molecule has 0 saturated heterocycles. The quantitative estimate of drug-likeness (QED) is 0.647. The van der Waals surface area contributed by atoms with Crippen LogP contribution in [0.1, 0.15) is 28.9 Å². The maximum absolute atomic E-state index is 12.3. The van der Waals surface area contributed by atoms with Crippen LogP contribution in [0.2, 0.25) is 0 Å². The van der Waals surface area contributed by atoms with Gasteiger partial charge < -0.3 is 10.1 Å². The maximum atomic E-state index is 12.3. The zero-order valence-electron chi connectivity index (χ0n) is 15.7. The van der Waals surface area contributed by atoms with E-state index in [0.717, 1.165) is 16.3 Å². The molecule has 3 rings (SSSR count). The van der Waals surface area contributed by atoms with Gasteiger partial charge in [-0.1, -0.05) is 54.6 Å². The second kappa shape index (κ2) is 8.80. The molecule has 0 aliphatic heterocycles. The van der Waals surface area contributed by atoms with Crippen LogP contribution in [0.15, 0.2) is 71.6 Å². The molecule has 1 amide bonds. The van der Waals surface area contributed by atoms with Crippen LogP contribution < -0.4 is 5.32 Å². The lowest BCUT2D eigenvalue weighted by Gasteiger charge is -2.17. The lowest BCUT2D eigenvalue weighted by molar-refractivity contribution is -0.124. The molecule has 28 heavy (non-hydrogen) atoms. The van der Waals surface area contributed by atoms with Crippen molar-refractivity contribution in [2.24, 2.45) is 0 Å². The fraction of sp³-hybridized carbons (Fsp3) is 0.182. The van der Waals surface area contributed by atoms with E-state index >= 15 is 0 Å². The van der Waals surface area contributed by atoms with Crippen molar-refractivity contribution in [3.63, 3.8) is 0 Å². The van der Waals surface area contributed by atoms with Gasteiger partial charge in [-0.25, -0.2) is 4.79 Å². The van der Waals surface area contributed by atoms with Crippen molar-refractivity contribution in [1.29, 1.82) is 0 Å². The molecule has 1 N–H and O–H groups in total. The second-order valence-corrected chi connectivity index (χ2v) is 7.73. The van der Waals surface area contributed by atoms with Crippen LogP contribution in [0, 0.1) is 0 Å². The number of ether oxygens (including phenoxy) is 1. The third-order valence-corrected chi connectivity index (χ3v) is 5.39. The number of benzene rings is 3. The Hall–Kier alpha value is -2.99. The van der Waals surface area contributed by atoms with Crippen molar-refractivity contribution in [3.8, 4) is 0 Å². The van der Waals surface area contributed by atoms with Gasteiger partial charge in [0.1, 0.15) is 0 Å². The average Bonchev–Trinajstić information content (AvgIpc) is 2.71. The highest BCUT2D eigenvalue weighted by molar-refractivity contribution is 7.84. The zero-order valence-corrected chi connectivity index (χ0v) is 16.5. The van der Waals surface area contributed by atoms with Crippen LogP contribution in [-0.2, 0) is 20.3 Å². The van der Waals surface area contributed by atoms with E-state index in [4.69, 9.17) is 4.74 Å². The van der Waals surface area contributed by atoms with Gasteiger partial charge in [0.15, 0.2) is 6.61 Å². The summed E-state index contributed by atoms with van der Waals surface area (Å²) in [6, 6.07) is 20.1. The number of esters is 1. The molecule has 0 fully saturated rings. The SMILES string of the molecule is C[C@H](NC(=O)COC(=O)c1ccccc1[S@@](C)=O)c1cccc2ccccc12. The lowest BCUT2D eigenvalue weighted by atomic mass is 10.00. The first-order valence-electron chi connectivity index (χ1n) is 8.84. The molecule has 0 aliphatic rings. The Bertz CT molecular complexity index is 1040. The number of fused-ring (bicyclic) bond motifs is 1. The highest BCUT2D eigenvalue weighted by atomic mass is 32.2. The van der Waals surface area contributed by atoms with E-state index in [1.165, 1.54) is 12.3 Å². The van der Waals surface area contributed by atoms with Gasteiger partial charge in [0.05, 0.1) is 27.3 Å². The Labute approximate surface area is 166 Å². The minimum atomic E-state index is -1.32. The first kappa shape index (κ1) is 19.8. The second-order valence-electron chi connectivity index (χ2n) is 6.38. The van der Waals surface area contributed by atoms with E-state index in [9.17, 15) is 13.8 Å². The number of carbonyl (C=O) groups excluding carboxylic acids is 2. The van der Waals surface area contributed by atoms with Crippen molar-refractivity contribution in [2.45, 2.75) is 17.9 Å². The molecule has 0 bridgehead atoms. The first-order chi connectivity index (χ1) is 13.5. The fourth-order valence-corrected chi connectivity index (χ4v) is 3.82. The van der Waals surface area contributed by atoms with Crippen molar-refractivity contribution in [1.82, 2.24) is 5.32 Å². The lowest BCUT2D eigenvalue weighted by Crippen LogP contribution is -2.31. The van der Waals surface area contributed by atoms with Gasteiger partial charge >= 0.3 is 5.97 Å². The van der Waals surface area contributed by atoms with Gasteiger partial charge in [-0.15, -0.1) is 0 Å². The molecule has 0 saturated carbocycles. The number of hydrogen-bond donors (Lipinski definition) is 1. The minimum absolute atomic E-state index is 0.207. The zero-order chi connectivity index (χ0) is 20.1. The molecule has 5 nitrogen and oxygen atoms in total. The predicted octanol–water partition coefficient (Wildman–Crippen LogP) is 3.61. The molecule has 0 radical (unpaired) electrons. The Balaban J connectivity index is 1.64. The van der Waals surface area contributed by atoms with E-state index in [2.05, 4.69) is 5.32 Å². The normalized spacial score (nSPS) is 12.9. The van der Waals surface area contributed by atoms with E-state index in [-0.39, 0.29) is 11.6 Å². The van der Waals surface area contributed by atoms with Gasteiger partial charge in [0.2, 0.25) is 0 Å². The summed E-state index contributed by atoms with van der Waals surface area (Å²) in [6.45, 7) is 1.48. The van der Waals surface area contributed by atoms with Crippen LogP contribution in [0.3, 0.4) is 0 Å². The van der Waals surface area contributed by atoms with E-state index < -0.39 is 29.3 Å². The first-order valence-corrected chi connectivity index (χ1v) is 10.4. The Kier molecular flexibility index (Phi) is 6.21. The van der Waals surface area contributed by atoms with Crippen molar-refractivity contribution < 1.29 is 18.5 Å². The van der Waals surface area contributed by atoms with Gasteiger partial charge in [0.25, 0.3) is 5.91 Å². The molecule has 0 aliphatic carbocycles. The smallest absolute Gasteiger partial charge is 0.339 e. The van der Waals surface area contributed by atoms with Crippen LogP contribution in [0.5, 0.6) is 0 Å². The third-order valence-electron chi connectivity index (χ3n) is 4.42. The highest BCUT2D eigenvalue weighted by Gasteiger charge is 2.17. The summed E-state index contributed by atoms with van der Waals surface area (Å²) in [5, 5.41) is 5.01. The standard InChI is InChI=1S/C22H21NO4S/c1-15(17-12-7-9-16-8-3-4-10-18(16)17)23-21(24)14-27-22(25)19-11-5-6-13-20(19)28(2)26/h3-13,15H,14H2,1-2H3,(H,23,24)/t15-,28+/m0/s1. The third kappa shape index (κ3) is 4.46. The topological polar surface area (TPSA) is 72.5 Å². The van der Waals surface area contributed by atoms with Crippen LogP contribution in [0.25, 0.3) is 10.8 Å². The van der Waals surface area contributed by atoms with Crippen LogP contribution in [0.4, 0.5) is 0 Å². The molecule has 0 spiro atoms. The van der Waals surface area contributed by atoms with Crippen molar-refractivity contribution in [2.75, 3.05) is 12.9 Å². The number of hydrogen-bond acceptors (Lipinski definition) is 4. The highest BCUT2D eigenvalue weighted by Crippen LogP contribution is 2.24. The average molecular weight is 395 g/mol. The summed E-state index contributed by atoms with van der Waals surface area (Å²) in [4.78, 5) is 24.9. The summed E-state index contributed by atoms with van der Waals surface area (Å²) in [5.41, 5.74) is 1.20. The van der Waals surface area contributed by atoms with Crippen LogP contribution >= 0.6 is 0 Å². The molecule has 3 aromatic carbocycles. The van der Waals surface area contributed by atoms with Gasteiger partial charge in [0, 0.05) is 6.26 Å². The summed E-state index contributed by atoms with van der Waals surface area (Å²) in [6.07, 6.45) is 1.49. The van der Waals surface area contributed by atoms with Crippen LogP contribution in [-0.4, -0.2) is 28.9 Å². The maximum Gasteiger partial charge on any atom is 0.339 e. The van der Waals surface area contributed by atoms with E-state index in [1.807, 2.05) is 49.4 Å². The largest absolute Gasteiger partial charge is 0.452 e. The van der Waals surface area contributed by atoms with Gasteiger partial charge in [-0.05, 0) is 35.4 Å². The van der Waals surface area contributed by atoms with Gasteiger partial charge in [-0.3, -0.25) is 9.00 Å². The van der Waals surface area contributed by atoms with Gasteiger partial charge in [-0.2, -0.15) is 0 Å². The summed E-state index contributed by atoms with van der Waals surface area (Å²) in [7, 11) is -1.32. The molecule has 0 aromatic heterocycles. The van der Waals surface area contributed by atoms with E-state index in [1.54, 1.807) is 18.2 Å². The Morgan fingerprint density at radius 3 is 2.46 bits per heavy atom. The molecule has 0 heterocycles. The van der Waals surface area contributed by atoms with Crippen molar-refractivity contribution >= 4 is 33.4 Å². The number of nitrogens with one attached hydrogen (secondary N) is 1. The Morgan fingerprint density at radius 2 is 1.68 bits per heavy atom. The summed E-state index contributed by atoms with van der Waals surface area (Å²) in [5.74, 6) is -1.07. The van der Waals surface area contributed by atoms with E-state index in [0.29, 0.717) is 4.90 Å². The molecular weight excluding hydrogens is 374 g/mol. The number of rotatable bonds is 6. The molecule has 3 aromatic rings. The summed E-state index contributed by atoms with van der Waals surface area (Å²) < 4.78 is 16.9.